The minimum absolute atomic E-state index is 0.0853. The number of amides is 1. The van der Waals surface area contributed by atoms with Crippen LogP contribution in [0.1, 0.15) is 44.0 Å². The maximum atomic E-state index is 13.1. The topological polar surface area (TPSA) is 66.9 Å². The highest BCUT2D eigenvalue weighted by Crippen LogP contribution is 2.29. The number of morpholine rings is 1. The van der Waals surface area contributed by atoms with E-state index in [-0.39, 0.29) is 47.3 Å². The Morgan fingerprint density at radius 3 is 2.40 bits per heavy atom. The molecule has 30 heavy (non-hydrogen) atoms. The van der Waals surface area contributed by atoms with Crippen molar-refractivity contribution in [3.05, 3.63) is 28.8 Å². The van der Waals surface area contributed by atoms with Gasteiger partial charge in [-0.2, -0.15) is 17.5 Å². The van der Waals surface area contributed by atoms with Crippen LogP contribution in [-0.2, 0) is 14.8 Å². The van der Waals surface area contributed by atoms with Crippen molar-refractivity contribution in [2.75, 3.05) is 26.2 Å². The summed E-state index contributed by atoms with van der Waals surface area (Å²) in [5, 5.41) is -0.103. The molecule has 0 N–H and O–H groups in total. The Bertz CT molecular complexity index is 854. The van der Waals surface area contributed by atoms with E-state index in [1.807, 2.05) is 0 Å². The van der Waals surface area contributed by atoms with Crippen molar-refractivity contribution in [1.82, 2.24) is 9.21 Å². The number of unbranched alkanes of at least 4 members (excludes halogenated alkanes) is 1. The third-order valence-corrected chi connectivity index (χ3v) is 6.93. The highest BCUT2D eigenvalue weighted by Gasteiger charge is 2.36. The molecule has 1 aliphatic heterocycles. The lowest BCUT2D eigenvalue weighted by Gasteiger charge is -2.34. The molecule has 1 fully saturated rings. The zero-order chi connectivity index (χ0) is 22.7. The number of carbonyl (C=O) groups excluding carboxylic acids is 1. The number of hydrogen-bond acceptors (Lipinski definition) is 4. The lowest BCUT2D eigenvalue weighted by molar-refractivity contribution is -0.140. The second-order valence-corrected chi connectivity index (χ2v) is 9.73. The first-order chi connectivity index (χ1) is 13.8. The summed E-state index contributed by atoms with van der Waals surface area (Å²) in [5.74, 6) is -0.891. The van der Waals surface area contributed by atoms with Gasteiger partial charge < -0.3 is 9.64 Å². The molecule has 0 aromatic heterocycles. The standard InChI is InChI=1S/C19H26ClF3N2O4S/c1-4-5-8-24(12-19(21,22)23)18(26)15-6-7-16(20)17(9-15)30(27,28)25-10-13(2)29-14(3)11-25/h6-7,9,13-14H,4-5,8,10-12H2,1-3H3. The Morgan fingerprint density at radius 2 is 1.87 bits per heavy atom. The zero-order valence-electron chi connectivity index (χ0n) is 17.1. The fraction of sp³-hybridized carbons (Fsp3) is 0.632. The quantitative estimate of drug-likeness (QED) is 0.605. The molecule has 1 saturated heterocycles. The molecule has 0 bridgehead atoms. The number of rotatable bonds is 7. The van der Waals surface area contributed by atoms with Crippen molar-refractivity contribution in [1.29, 1.82) is 0 Å². The summed E-state index contributed by atoms with van der Waals surface area (Å²) in [6, 6.07) is 3.52. The molecule has 2 rings (SSSR count). The monoisotopic (exact) mass is 470 g/mol. The van der Waals surface area contributed by atoms with Gasteiger partial charge >= 0.3 is 6.18 Å². The van der Waals surface area contributed by atoms with Crippen molar-refractivity contribution < 1.29 is 31.1 Å². The van der Waals surface area contributed by atoms with Gasteiger partial charge in [0.1, 0.15) is 11.4 Å². The summed E-state index contributed by atoms with van der Waals surface area (Å²) < 4.78 is 71.8. The molecule has 1 aliphatic rings. The van der Waals surface area contributed by atoms with Gasteiger partial charge in [0.15, 0.2) is 0 Å². The maximum absolute atomic E-state index is 13.1. The number of halogens is 4. The smallest absolute Gasteiger partial charge is 0.373 e. The van der Waals surface area contributed by atoms with Crippen LogP contribution in [0.5, 0.6) is 0 Å². The first-order valence-corrected chi connectivity index (χ1v) is 11.5. The molecule has 170 valence electrons. The van der Waals surface area contributed by atoms with Crippen LogP contribution in [0.25, 0.3) is 0 Å². The van der Waals surface area contributed by atoms with Gasteiger partial charge in [0.05, 0.1) is 17.2 Å². The van der Waals surface area contributed by atoms with E-state index in [1.165, 1.54) is 16.4 Å². The summed E-state index contributed by atoms with van der Waals surface area (Å²) in [6.45, 7) is 4.00. The maximum Gasteiger partial charge on any atom is 0.406 e. The average molecular weight is 471 g/mol. The molecule has 1 heterocycles. The fourth-order valence-electron chi connectivity index (χ4n) is 3.30. The molecule has 0 radical (unpaired) electrons. The zero-order valence-corrected chi connectivity index (χ0v) is 18.6. The molecule has 2 unspecified atom stereocenters. The lowest BCUT2D eigenvalue weighted by atomic mass is 10.2. The summed E-state index contributed by atoms with van der Waals surface area (Å²) >= 11 is 6.11. The van der Waals surface area contributed by atoms with Crippen LogP contribution in [0.15, 0.2) is 23.1 Å². The summed E-state index contributed by atoms with van der Waals surface area (Å²) in [5.41, 5.74) is -0.160. The van der Waals surface area contributed by atoms with E-state index in [4.69, 9.17) is 16.3 Å². The van der Waals surface area contributed by atoms with Crippen molar-refractivity contribution in [3.63, 3.8) is 0 Å². The van der Waals surface area contributed by atoms with E-state index in [9.17, 15) is 26.4 Å². The van der Waals surface area contributed by atoms with Crippen molar-refractivity contribution in [3.8, 4) is 0 Å². The number of carbonyl (C=O) groups is 1. The molecule has 1 aromatic carbocycles. The Hall–Kier alpha value is -1.36. The minimum Gasteiger partial charge on any atom is -0.373 e. The van der Waals surface area contributed by atoms with Crippen molar-refractivity contribution >= 4 is 27.5 Å². The molecule has 11 heteroatoms. The molecule has 1 aromatic rings. The SMILES string of the molecule is CCCCN(CC(F)(F)F)C(=O)c1ccc(Cl)c(S(=O)(=O)N2CC(C)OC(C)C2)c1. The second kappa shape index (κ2) is 9.84. The van der Waals surface area contributed by atoms with E-state index in [2.05, 4.69) is 0 Å². The number of ether oxygens (including phenoxy) is 1. The highest BCUT2D eigenvalue weighted by atomic mass is 35.5. The molecule has 1 amide bonds. The number of sulfonamides is 1. The van der Waals surface area contributed by atoms with E-state index in [1.54, 1.807) is 20.8 Å². The van der Waals surface area contributed by atoms with Crippen LogP contribution in [-0.4, -0.2) is 68.1 Å². The third kappa shape index (κ3) is 6.32. The fourth-order valence-corrected chi connectivity index (χ4v) is 5.39. The molecule has 2 atom stereocenters. The second-order valence-electron chi connectivity index (χ2n) is 7.42. The molecular formula is C19H26ClF3N2O4S. The molecule has 0 spiro atoms. The highest BCUT2D eigenvalue weighted by molar-refractivity contribution is 7.89. The Morgan fingerprint density at radius 1 is 1.27 bits per heavy atom. The van der Waals surface area contributed by atoms with Gasteiger partial charge in [-0.3, -0.25) is 4.79 Å². The van der Waals surface area contributed by atoms with Gasteiger partial charge in [-0.15, -0.1) is 0 Å². The molecular weight excluding hydrogens is 445 g/mol. The first kappa shape index (κ1) is 24.9. The van der Waals surface area contributed by atoms with Gasteiger partial charge in [0, 0.05) is 25.2 Å². The number of benzene rings is 1. The number of hydrogen-bond donors (Lipinski definition) is 0. The predicted octanol–water partition coefficient (Wildman–Crippen LogP) is 3.94. The number of nitrogens with zero attached hydrogens (tertiary/aromatic N) is 2. The van der Waals surface area contributed by atoms with Crippen LogP contribution in [0.4, 0.5) is 13.2 Å². The van der Waals surface area contributed by atoms with E-state index in [0.717, 1.165) is 6.07 Å². The third-order valence-electron chi connectivity index (χ3n) is 4.62. The minimum atomic E-state index is -4.56. The van der Waals surface area contributed by atoms with Crippen LogP contribution < -0.4 is 0 Å². The summed E-state index contributed by atoms with van der Waals surface area (Å²) in [4.78, 5) is 13.1. The lowest BCUT2D eigenvalue weighted by Crippen LogP contribution is -2.48. The van der Waals surface area contributed by atoms with Gasteiger partial charge in [0.2, 0.25) is 10.0 Å². The van der Waals surface area contributed by atoms with Crippen molar-refractivity contribution in [2.45, 2.75) is 56.9 Å². The van der Waals surface area contributed by atoms with Gasteiger partial charge in [-0.05, 0) is 38.5 Å². The van der Waals surface area contributed by atoms with Crippen molar-refractivity contribution in [2.24, 2.45) is 0 Å². The van der Waals surface area contributed by atoms with Crippen LogP contribution in [0.2, 0.25) is 5.02 Å². The Labute approximate surface area is 180 Å². The predicted molar refractivity (Wildman–Crippen MR) is 107 cm³/mol. The average Bonchev–Trinajstić information content (AvgIpc) is 2.63. The summed E-state index contributed by atoms with van der Waals surface area (Å²) in [7, 11) is -4.06. The van der Waals surface area contributed by atoms with E-state index < -0.39 is 28.7 Å². The molecule has 0 saturated carbocycles. The Kier molecular flexibility index (Phi) is 8.17. The Balaban J connectivity index is 2.38. The van der Waals surface area contributed by atoms with E-state index in [0.29, 0.717) is 17.7 Å². The van der Waals surface area contributed by atoms with Gasteiger partial charge in [0.25, 0.3) is 5.91 Å². The van der Waals surface area contributed by atoms with E-state index >= 15 is 0 Å². The van der Waals surface area contributed by atoms with Gasteiger partial charge in [-0.25, -0.2) is 8.42 Å². The molecule has 6 nitrogen and oxygen atoms in total. The first-order valence-electron chi connectivity index (χ1n) is 9.66. The van der Waals surface area contributed by atoms with Crippen LogP contribution in [0.3, 0.4) is 0 Å². The summed E-state index contributed by atoms with van der Waals surface area (Å²) in [6.07, 6.45) is -4.23. The molecule has 0 aliphatic carbocycles. The number of alkyl halides is 3. The normalized spacial score (nSPS) is 20.9. The largest absolute Gasteiger partial charge is 0.406 e. The van der Waals surface area contributed by atoms with Crippen LogP contribution in [0, 0.1) is 0 Å². The van der Waals surface area contributed by atoms with Crippen LogP contribution >= 0.6 is 11.6 Å². The van der Waals surface area contributed by atoms with Gasteiger partial charge in [-0.1, -0.05) is 24.9 Å².